The highest BCUT2D eigenvalue weighted by Gasteiger charge is 2.19. The Balaban J connectivity index is 2.33. The lowest BCUT2D eigenvalue weighted by Crippen LogP contribution is -2.05. The number of rotatable bonds is 4. The van der Waals surface area contributed by atoms with Gasteiger partial charge in [0.2, 0.25) is 0 Å². The van der Waals surface area contributed by atoms with Gasteiger partial charge in [-0.1, -0.05) is 11.6 Å². The Morgan fingerprint density at radius 3 is 2.40 bits per heavy atom. The molecule has 7 heteroatoms. The number of aromatic carboxylic acids is 1. The summed E-state index contributed by atoms with van der Waals surface area (Å²) in [5.74, 6) is -1.27. The van der Waals surface area contributed by atoms with Crippen molar-refractivity contribution in [2.75, 3.05) is 0 Å². The van der Waals surface area contributed by atoms with Crippen LogP contribution in [0.5, 0.6) is 0 Å². The number of halogens is 1. The molecule has 0 unspecified atom stereocenters. The molecule has 0 saturated heterocycles. The molecular weight excluding hydrogens is 320 g/mol. The summed E-state index contributed by atoms with van der Waals surface area (Å²) in [5, 5.41) is 9.38. The summed E-state index contributed by atoms with van der Waals surface area (Å²) >= 11 is 6.80. The van der Waals surface area contributed by atoms with Crippen molar-refractivity contribution in [1.29, 1.82) is 0 Å². The Kier molecular flexibility index (Phi) is 4.17. The summed E-state index contributed by atoms with van der Waals surface area (Å²) in [6.07, 6.45) is 0. The van der Waals surface area contributed by atoms with Crippen LogP contribution in [-0.4, -0.2) is 19.5 Å². The predicted molar refractivity (Wildman–Crippen MR) is 78.4 cm³/mol. The van der Waals surface area contributed by atoms with Crippen molar-refractivity contribution in [1.82, 2.24) is 0 Å². The zero-order valence-corrected chi connectivity index (χ0v) is 12.8. The van der Waals surface area contributed by atoms with Gasteiger partial charge in [0, 0.05) is 9.90 Å². The molecule has 0 bridgehead atoms. The third kappa shape index (κ3) is 3.20. The Bertz CT molecular complexity index is 745. The third-order valence-electron chi connectivity index (χ3n) is 2.75. The molecule has 0 spiro atoms. The van der Waals surface area contributed by atoms with Crippen LogP contribution in [0.25, 0.3) is 0 Å². The summed E-state index contributed by atoms with van der Waals surface area (Å²) in [4.78, 5) is 11.9. The second kappa shape index (κ2) is 5.55. The number of thiophene rings is 1. The van der Waals surface area contributed by atoms with E-state index in [-0.39, 0.29) is 15.5 Å². The lowest BCUT2D eigenvalue weighted by atomic mass is 10.3. The van der Waals surface area contributed by atoms with E-state index in [1.807, 2.05) is 0 Å². The van der Waals surface area contributed by atoms with E-state index >= 15 is 0 Å². The SMILES string of the molecule is Cc1sc(C(=O)O)cc1CS(=O)(=O)c1ccc(Cl)cc1. The molecule has 1 N–H and O–H groups in total. The van der Waals surface area contributed by atoms with Crippen molar-refractivity contribution in [3.63, 3.8) is 0 Å². The van der Waals surface area contributed by atoms with Crippen LogP contribution >= 0.6 is 22.9 Å². The fraction of sp³-hybridized carbons (Fsp3) is 0.154. The van der Waals surface area contributed by atoms with Crippen LogP contribution < -0.4 is 0 Å². The maximum atomic E-state index is 12.3. The zero-order chi connectivity index (χ0) is 14.9. The molecule has 0 radical (unpaired) electrons. The number of hydrogen-bond acceptors (Lipinski definition) is 4. The fourth-order valence-electron chi connectivity index (χ4n) is 1.70. The summed E-state index contributed by atoms with van der Waals surface area (Å²) in [6, 6.07) is 7.32. The van der Waals surface area contributed by atoms with Crippen LogP contribution in [0.2, 0.25) is 5.02 Å². The van der Waals surface area contributed by atoms with Gasteiger partial charge < -0.3 is 5.11 Å². The minimum absolute atomic E-state index is 0.142. The van der Waals surface area contributed by atoms with E-state index in [2.05, 4.69) is 0 Å². The first-order valence-electron chi connectivity index (χ1n) is 5.60. The van der Waals surface area contributed by atoms with E-state index < -0.39 is 15.8 Å². The van der Waals surface area contributed by atoms with E-state index in [4.69, 9.17) is 16.7 Å². The normalized spacial score (nSPS) is 11.5. The minimum Gasteiger partial charge on any atom is -0.477 e. The molecule has 0 fully saturated rings. The molecule has 4 nitrogen and oxygen atoms in total. The molecule has 2 rings (SSSR count). The Hall–Kier alpha value is -1.37. The lowest BCUT2D eigenvalue weighted by Gasteiger charge is -2.04. The van der Waals surface area contributed by atoms with Crippen molar-refractivity contribution in [3.8, 4) is 0 Å². The summed E-state index contributed by atoms with van der Waals surface area (Å²) in [5.41, 5.74) is 0.516. The quantitative estimate of drug-likeness (QED) is 0.932. The molecular formula is C13H11ClO4S2. The van der Waals surface area contributed by atoms with Gasteiger partial charge in [-0.05, 0) is 42.8 Å². The number of carboxylic acid groups (broad SMARTS) is 1. The maximum Gasteiger partial charge on any atom is 0.345 e. The monoisotopic (exact) mass is 330 g/mol. The van der Waals surface area contributed by atoms with E-state index in [0.717, 1.165) is 11.3 Å². The van der Waals surface area contributed by atoms with E-state index in [1.54, 1.807) is 6.92 Å². The van der Waals surface area contributed by atoms with Gasteiger partial charge in [-0.25, -0.2) is 13.2 Å². The molecule has 2 aromatic rings. The standard InChI is InChI=1S/C13H11ClO4S2/c1-8-9(6-12(19-8)13(15)16)7-20(17,18)11-4-2-10(14)3-5-11/h2-6H,7H2,1H3,(H,15,16). The van der Waals surface area contributed by atoms with Crippen molar-refractivity contribution in [2.24, 2.45) is 0 Å². The number of benzene rings is 1. The molecule has 0 aliphatic carbocycles. The molecule has 0 saturated carbocycles. The van der Waals surface area contributed by atoms with Crippen molar-refractivity contribution >= 4 is 38.7 Å². The van der Waals surface area contributed by atoms with E-state index in [1.165, 1.54) is 30.3 Å². The third-order valence-corrected chi connectivity index (χ3v) is 5.76. The molecule has 0 atom stereocenters. The van der Waals surface area contributed by atoms with Crippen molar-refractivity contribution < 1.29 is 18.3 Å². The highest BCUT2D eigenvalue weighted by molar-refractivity contribution is 7.90. The van der Waals surface area contributed by atoms with Crippen LogP contribution in [0.4, 0.5) is 0 Å². The molecule has 1 aromatic carbocycles. The van der Waals surface area contributed by atoms with Crippen LogP contribution in [0.1, 0.15) is 20.1 Å². The second-order valence-electron chi connectivity index (χ2n) is 4.21. The summed E-state index contributed by atoms with van der Waals surface area (Å²) < 4.78 is 24.5. The first kappa shape index (κ1) is 15.0. The zero-order valence-electron chi connectivity index (χ0n) is 10.5. The average Bonchev–Trinajstić information content (AvgIpc) is 2.71. The molecule has 106 valence electrons. The topological polar surface area (TPSA) is 71.4 Å². The minimum atomic E-state index is -3.51. The van der Waals surface area contributed by atoms with Crippen molar-refractivity contribution in [2.45, 2.75) is 17.6 Å². The molecule has 1 aromatic heterocycles. The fourth-order valence-corrected chi connectivity index (χ4v) is 4.22. The van der Waals surface area contributed by atoms with Gasteiger partial charge in [0.1, 0.15) is 4.88 Å². The molecule has 0 aliphatic rings. The number of sulfone groups is 1. The Morgan fingerprint density at radius 1 is 1.30 bits per heavy atom. The average molecular weight is 331 g/mol. The van der Waals surface area contributed by atoms with Gasteiger partial charge in [0.25, 0.3) is 0 Å². The van der Waals surface area contributed by atoms with Crippen LogP contribution in [0.3, 0.4) is 0 Å². The predicted octanol–water partition coefficient (Wildman–Crippen LogP) is 3.38. The Labute approximate surface area is 125 Å². The van der Waals surface area contributed by atoms with Crippen LogP contribution in [0.15, 0.2) is 35.2 Å². The van der Waals surface area contributed by atoms with Gasteiger partial charge in [-0.2, -0.15) is 0 Å². The van der Waals surface area contributed by atoms with Gasteiger partial charge >= 0.3 is 5.97 Å². The molecule has 0 aliphatic heterocycles. The molecule has 1 heterocycles. The van der Waals surface area contributed by atoms with E-state index in [0.29, 0.717) is 15.5 Å². The maximum absolute atomic E-state index is 12.3. The highest BCUT2D eigenvalue weighted by Crippen LogP contribution is 2.26. The smallest absolute Gasteiger partial charge is 0.345 e. The lowest BCUT2D eigenvalue weighted by molar-refractivity contribution is 0.0702. The number of carbonyl (C=O) groups is 1. The molecule has 20 heavy (non-hydrogen) atoms. The van der Waals surface area contributed by atoms with Gasteiger partial charge in [0.05, 0.1) is 10.6 Å². The summed E-state index contributed by atoms with van der Waals surface area (Å²) in [7, 11) is -3.51. The number of aryl methyl sites for hydroxylation is 1. The summed E-state index contributed by atoms with van der Waals surface area (Å²) in [6.45, 7) is 1.71. The first-order valence-corrected chi connectivity index (χ1v) is 8.45. The van der Waals surface area contributed by atoms with Crippen LogP contribution in [0, 0.1) is 6.92 Å². The second-order valence-corrected chi connectivity index (χ2v) is 7.89. The van der Waals surface area contributed by atoms with E-state index in [9.17, 15) is 13.2 Å². The van der Waals surface area contributed by atoms with Crippen LogP contribution in [-0.2, 0) is 15.6 Å². The first-order chi connectivity index (χ1) is 9.29. The largest absolute Gasteiger partial charge is 0.477 e. The van der Waals surface area contributed by atoms with Gasteiger partial charge in [-0.3, -0.25) is 0 Å². The van der Waals surface area contributed by atoms with Gasteiger partial charge in [-0.15, -0.1) is 11.3 Å². The Morgan fingerprint density at radius 2 is 1.90 bits per heavy atom. The number of carboxylic acids is 1. The molecule has 0 amide bonds. The number of hydrogen-bond donors (Lipinski definition) is 1. The van der Waals surface area contributed by atoms with Gasteiger partial charge in [0.15, 0.2) is 9.84 Å². The van der Waals surface area contributed by atoms with Crippen molar-refractivity contribution in [3.05, 3.63) is 50.7 Å². The highest BCUT2D eigenvalue weighted by atomic mass is 35.5.